The Hall–Kier alpha value is -1.99. The van der Waals surface area contributed by atoms with Crippen molar-refractivity contribution in [3.05, 3.63) is 30.0 Å². The van der Waals surface area contributed by atoms with E-state index in [0.29, 0.717) is 0 Å². The van der Waals surface area contributed by atoms with E-state index in [1.807, 2.05) is 31.2 Å². The van der Waals surface area contributed by atoms with Gasteiger partial charge in [0.25, 0.3) is 0 Å². The van der Waals surface area contributed by atoms with Crippen molar-refractivity contribution in [3.8, 4) is 11.8 Å². The second kappa shape index (κ2) is 5.11. The zero-order chi connectivity index (χ0) is 13.1. The first kappa shape index (κ1) is 12.5. The number of benzene rings is 1. The first-order valence-electron chi connectivity index (χ1n) is 5.97. The van der Waals surface area contributed by atoms with E-state index >= 15 is 0 Å². The Labute approximate surface area is 107 Å². The molecule has 0 saturated heterocycles. The number of hydrogen-bond acceptors (Lipinski definition) is 3. The number of hydrogen-bond donors (Lipinski definition) is 1. The third-order valence-corrected chi connectivity index (χ3v) is 2.88. The molecular weight excluding hydrogens is 226 g/mol. The summed E-state index contributed by atoms with van der Waals surface area (Å²) >= 11 is 0. The number of rotatable bonds is 4. The molecule has 1 unspecified atom stereocenters. The van der Waals surface area contributed by atoms with E-state index in [4.69, 9.17) is 15.7 Å². The van der Waals surface area contributed by atoms with Crippen molar-refractivity contribution in [3.63, 3.8) is 0 Å². The minimum Gasteiger partial charge on any atom is -0.478 e. The van der Waals surface area contributed by atoms with Crippen LogP contribution in [0.2, 0.25) is 0 Å². The second-order valence-corrected chi connectivity index (χ2v) is 4.51. The number of aromatic nitrogens is 1. The highest BCUT2D eigenvalue weighted by atomic mass is 16.5. The van der Waals surface area contributed by atoms with Gasteiger partial charge in [-0.3, -0.25) is 0 Å². The van der Waals surface area contributed by atoms with Crippen molar-refractivity contribution < 1.29 is 4.74 Å². The highest BCUT2D eigenvalue weighted by Gasteiger charge is 2.10. The number of ether oxygens (including phenoxy) is 1. The lowest BCUT2D eigenvalue weighted by Crippen LogP contribution is -2.22. The smallest absolute Gasteiger partial charge is 0.174 e. The summed E-state index contributed by atoms with van der Waals surface area (Å²) in [6.07, 6.45) is 0. The molecule has 0 fully saturated rings. The molecule has 4 heteroatoms. The Bertz CT molecular complexity index is 593. The number of fused-ring (bicyclic) bond motifs is 1. The molecule has 0 spiro atoms. The van der Waals surface area contributed by atoms with Gasteiger partial charge in [0.15, 0.2) is 6.61 Å². The van der Waals surface area contributed by atoms with Crippen molar-refractivity contribution in [2.75, 3.05) is 6.61 Å². The van der Waals surface area contributed by atoms with E-state index in [9.17, 15) is 0 Å². The normalized spacial score (nSPS) is 12.3. The molecule has 4 nitrogen and oxygen atoms in total. The zero-order valence-electron chi connectivity index (χ0n) is 10.7. The topological polar surface area (TPSA) is 64.0 Å². The van der Waals surface area contributed by atoms with E-state index in [1.165, 1.54) is 0 Å². The summed E-state index contributed by atoms with van der Waals surface area (Å²) in [6.45, 7) is 4.88. The van der Waals surface area contributed by atoms with Crippen molar-refractivity contribution >= 4 is 10.9 Å². The summed E-state index contributed by atoms with van der Waals surface area (Å²) in [4.78, 5) is 0. The van der Waals surface area contributed by atoms with Crippen molar-refractivity contribution in [1.82, 2.24) is 4.57 Å². The van der Waals surface area contributed by atoms with E-state index < -0.39 is 0 Å². The lowest BCUT2D eigenvalue weighted by atomic mass is 10.2. The minimum atomic E-state index is 0.0661. The number of nitrogens with two attached hydrogens (primary N) is 1. The Balaban J connectivity index is 2.49. The summed E-state index contributed by atoms with van der Waals surface area (Å²) < 4.78 is 7.62. The molecule has 0 aliphatic heterocycles. The first-order chi connectivity index (χ1) is 8.63. The summed E-state index contributed by atoms with van der Waals surface area (Å²) in [7, 11) is 0. The molecule has 1 aromatic carbocycles. The fourth-order valence-corrected chi connectivity index (χ4v) is 2.16. The third-order valence-electron chi connectivity index (χ3n) is 2.88. The first-order valence-corrected chi connectivity index (χ1v) is 5.97. The molecule has 2 rings (SSSR count). The van der Waals surface area contributed by atoms with E-state index in [0.717, 1.165) is 28.9 Å². The lowest BCUT2D eigenvalue weighted by molar-refractivity contribution is 0.372. The lowest BCUT2D eigenvalue weighted by Gasteiger charge is -2.11. The molecule has 0 aliphatic carbocycles. The van der Waals surface area contributed by atoms with Gasteiger partial charge in [-0.25, -0.2) is 0 Å². The van der Waals surface area contributed by atoms with Gasteiger partial charge in [-0.15, -0.1) is 0 Å². The van der Waals surface area contributed by atoms with Gasteiger partial charge < -0.3 is 15.0 Å². The maximum Gasteiger partial charge on any atom is 0.174 e. The highest BCUT2D eigenvalue weighted by Crippen LogP contribution is 2.28. The fourth-order valence-electron chi connectivity index (χ4n) is 2.16. The SMILES string of the molecule is Cc1cc2c(OCC#N)cccc2n1CC(C)N. The van der Waals surface area contributed by atoms with Gasteiger partial charge in [-0.2, -0.15) is 5.26 Å². The average molecular weight is 243 g/mol. The maximum atomic E-state index is 8.58. The summed E-state index contributed by atoms with van der Waals surface area (Å²) in [6, 6.07) is 10.0. The van der Waals surface area contributed by atoms with E-state index in [-0.39, 0.29) is 12.6 Å². The van der Waals surface area contributed by atoms with Crippen LogP contribution in [-0.4, -0.2) is 17.2 Å². The monoisotopic (exact) mass is 243 g/mol. The quantitative estimate of drug-likeness (QED) is 0.895. The predicted molar refractivity (Wildman–Crippen MR) is 71.4 cm³/mol. The Morgan fingerprint density at radius 1 is 1.50 bits per heavy atom. The molecule has 0 saturated carbocycles. The number of aryl methyl sites for hydroxylation is 1. The second-order valence-electron chi connectivity index (χ2n) is 4.51. The van der Waals surface area contributed by atoms with Gasteiger partial charge in [0.05, 0.1) is 5.52 Å². The van der Waals surface area contributed by atoms with Crippen molar-refractivity contribution in [1.29, 1.82) is 5.26 Å². The van der Waals surface area contributed by atoms with Crippen LogP contribution < -0.4 is 10.5 Å². The predicted octanol–water partition coefficient (Wildman–Crippen LogP) is 2.20. The van der Waals surface area contributed by atoms with Crippen LogP contribution in [-0.2, 0) is 6.54 Å². The maximum absolute atomic E-state index is 8.58. The number of nitriles is 1. The van der Waals surface area contributed by atoms with Gasteiger partial charge >= 0.3 is 0 Å². The molecule has 0 radical (unpaired) electrons. The van der Waals surface area contributed by atoms with Crippen LogP contribution in [0.4, 0.5) is 0 Å². The zero-order valence-corrected chi connectivity index (χ0v) is 10.7. The molecule has 2 N–H and O–H groups in total. The standard InChI is InChI=1S/C14H17N3O/c1-10(16)9-17-11(2)8-12-13(17)4-3-5-14(12)18-7-6-15/h3-5,8,10H,7,9,16H2,1-2H3. The van der Waals surface area contributed by atoms with Gasteiger partial charge in [0, 0.05) is 23.7 Å². The van der Waals surface area contributed by atoms with Gasteiger partial charge in [0.2, 0.25) is 0 Å². The summed E-state index contributed by atoms with van der Waals surface area (Å²) in [5, 5.41) is 9.61. The van der Waals surface area contributed by atoms with Gasteiger partial charge in [-0.1, -0.05) is 6.07 Å². The van der Waals surface area contributed by atoms with Crippen molar-refractivity contribution in [2.24, 2.45) is 5.73 Å². The Morgan fingerprint density at radius 2 is 2.28 bits per heavy atom. The molecule has 94 valence electrons. The molecule has 0 aliphatic rings. The van der Waals surface area contributed by atoms with Crippen LogP contribution in [0.25, 0.3) is 10.9 Å². The molecular formula is C14H17N3O. The average Bonchev–Trinajstić information content (AvgIpc) is 2.64. The van der Waals surface area contributed by atoms with Gasteiger partial charge in [0.1, 0.15) is 11.8 Å². The van der Waals surface area contributed by atoms with E-state index in [2.05, 4.69) is 17.6 Å². The van der Waals surface area contributed by atoms with Crippen LogP contribution in [0.15, 0.2) is 24.3 Å². The molecule has 1 aromatic heterocycles. The minimum absolute atomic E-state index is 0.0661. The molecule has 1 heterocycles. The number of nitrogens with zero attached hydrogens (tertiary/aromatic N) is 2. The van der Waals surface area contributed by atoms with E-state index in [1.54, 1.807) is 0 Å². The third kappa shape index (κ3) is 2.31. The fraction of sp³-hybridized carbons (Fsp3) is 0.357. The van der Waals surface area contributed by atoms with Crippen LogP contribution in [0.5, 0.6) is 5.75 Å². The Morgan fingerprint density at radius 3 is 2.94 bits per heavy atom. The molecule has 0 amide bonds. The summed E-state index contributed by atoms with van der Waals surface area (Å²) in [5.41, 5.74) is 8.11. The van der Waals surface area contributed by atoms with Crippen LogP contribution in [0, 0.1) is 18.3 Å². The highest BCUT2D eigenvalue weighted by molar-refractivity contribution is 5.87. The molecule has 18 heavy (non-hydrogen) atoms. The van der Waals surface area contributed by atoms with Crippen LogP contribution >= 0.6 is 0 Å². The summed E-state index contributed by atoms with van der Waals surface area (Å²) in [5.74, 6) is 0.751. The van der Waals surface area contributed by atoms with Crippen LogP contribution in [0.3, 0.4) is 0 Å². The molecule has 0 bridgehead atoms. The Kier molecular flexibility index (Phi) is 3.54. The molecule has 1 atom stereocenters. The van der Waals surface area contributed by atoms with Crippen molar-refractivity contribution in [2.45, 2.75) is 26.4 Å². The van der Waals surface area contributed by atoms with Gasteiger partial charge in [-0.05, 0) is 32.0 Å². The van der Waals surface area contributed by atoms with Crippen LogP contribution in [0.1, 0.15) is 12.6 Å². The molecule has 2 aromatic rings. The largest absolute Gasteiger partial charge is 0.478 e.